The molecule has 1 aliphatic heterocycles. The van der Waals surface area contributed by atoms with E-state index in [0.717, 1.165) is 44.9 Å². The minimum absolute atomic E-state index is 0.0212. The van der Waals surface area contributed by atoms with Crippen molar-refractivity contribution in [3.05, 3.63) is 12.2 Å². The highest BCUT2D eigenvalue weighted by molar-refractivity contribution is 5.87. The van der Waals surface area contributed by atoms with Gasteiger partial charge in [-0.3, -0.25) is 4.79 Å². The third-order valence-corrected chi connectivity index (χ3v) is 5.16. The summed E-state index contributed by atoms with van der Waals surface area (Å²) in [6.07, 6.45) is 6.41. The maximum atomic E-state index is 12.1. The zero-order valence-corrected chi connectivity index (χ0v) is 12.0. The van der Waals surface area contributed by atoms with Crippen LogP contribution in [0.5, 0.6) is 0 Å². The first-order chi connectivity index (χ1) is 9.52. The third kappa shape index (κ3) is 2.15. The van der Waals surface area contributed by atoms with Crippen LogP contribution >= 0.6 is 0 Å². The lowest BCUT2D eigenvalue weighted by molar-refractivity contribution is -0.151. The second-order valence-corrected chi connectivity index (χ2v) is 6.53. The highest BCUT2D eigenvalue weighted by atomic mass is 16.6. The lowest BCUT2D eigenvalue weighted by Crippen LogP contribution is -2.40. The number of hydrogen-bond acceptors (Lipinski definition) is 4. The van der Waals surface area contributed by atoms with E-state index in [-0.39, 0.29) is 35.5 Å². The molecule has 3 atom stereocenters. The van der Waals surface area contributed by atoms with Crippen LogP contribution in [0, 0.1) is 11.8 Å². The van der Waals surface area contributed by atoms with Gasteiger partial charge in [-0.25, -0.2) is 4.79 Å². The Morgan fingerprint density at radius 1 is 1.35 bits per heavy atom. The summed E-state index contributed by atoms with van der Waals surface area (Å²) in [5, 5.41) is 0. The maximum absolute atomic E-state index is 12.1. The van der Waals surface area contributed by atoms with Gasteiger partial charge >= 0.3 is 11.9 Å². The van der Waals surface area contributed by atoms with Crippen LogP contribution in [-0.2, 0) is 19.1 Å². The Hall–Kier alpha value is -1.32. The van der Waals surface area contributed by atoms with Crippen LogP contribution in [-0.4, -0.2) is 23.6 Å². The van der Waals surface area contributed by atoms with Crippen LogP contribution in [0.25, 0.3) is 0 Å². The smallest absolute Gasteiger partial charge is 0.333 e. The summed E-state index contributed by atoms with van der Waals surface area (Å²) in [7, 11) is 0. The molecule has 0 N–H and O–H groups in total. The van der Waals surface area contributed by atoms with Gasteiger partial charge in [0.25, 0.3) is 0 Å². The number of esters is 2. The molecule has 2 aliphatic carbocycles. The molecular formula is C16H22O4. The molecule has 3 unspecified atom stereocenters. The molecule has 1 heterocycles. The molecule has 1 spiro atoms. The molecule has 0 bridgehead atoms. The Morgan fingerprint density at radius 2 is 2.05 bits per heavy atom. The fraction of sp³-hybridized carbons (Fsp3) is 0.750. The average molecular weight is 278 g/mol. The van der Waals surface area contributed by atoms with Gasteiger partial charge in [0.2, 0.25) is 0 Å². The first kappa shape index (κ1) is 13.7. The molecule has 110 valence electrons. The van der Waals surface area contributed by atoms with Crippen LogP contribution < -0.4 is 0 Å². The SMILES string of the molecule is C=C(C)C(=O)OC1CCC2C(=O)OC3(CCCC3)C2C1. The molecule has 3 rings (SSSR count). The number of fused-ring (bicyclic) bond motifs is 2. The summed E-state index contributed by atoms with van der Waals surface area (Å²) in [5.74, 6) is -0.0946. The van der Waals surface area contributed by atoms with Crippen molar-refractivity contribution in [2.45, 2.75) is 63.6 Å². The minimum atomic E-state index is -0.320. The van der Waals surface area contributed by atoms with Gasteiger partial charge in [-0.2, -0.15) is 0 Å². The van der Waals surface area contributed by atoms with E-state index in [1.165, 1.54) is 0 Å². The molecule has 20 heavy (non-hydrogen) atoms. The molecule has 0 aromatic carbocycles. The van der Waals surface area contributed by atoms with E-state index in [9.17, 15) is 9.59 Å². The van der Waals surface area contributed by atoms with Crippen LogP contribution in [0.3, 0.4) is 0 Å². The van der Waals surface area contributed by atoms with Gasteiger partial charge in [0.15, 0.2) is 0 Å². The second kappa shape index (κ2) is 4.90. The normalized spacial score (nSPS) is 34.6. The molecule has 3 fully saturated rings. The van der Waals surface area contributed by atoms with Crippen molar-refractivity contribution >= 4 is 11.9 Å². The molecular weight excluding hydrogens is 256 g/mol. The molecule has 0 radical (unpaired) electrons. The Balaban J connectivity index is 1.72. The number of rotatable bonds is 2. The van der Waals surface area contributed by atoms with E-state index >= 15 is 0 Å². The largest absolute Gasteiger partial charge is 0.459 e. The summed E-state index contributed by atoms with van der Waals surface area (Å²) in [6, 6.07) is 0. The van der Waals surface area contributed by atoms with Crippen LogP contribution in [0.2, 0.25) is 0 Å². The summed E-state index contributed by atoms with van der Waals surface area (Å²) in [5.41, 5.74) is 0.178. The van der Waals surface area contributed by atoms with Gasteiger partial charge < -0.3 is 9.47 Å². The van der Waals surface area contributed by atoms with Crippen LogP contribution in [0.1, 0.15) is 51.9 Å². The lowest BCUT2D eigenvalue weighted by atomic mass is 9.70. The first-order valence-electron chi connectivity index (χ1n) is 7.61. The van der Waals surface area contributed by atoms with Crippen molar-refractivity contribution in [3.8, 4) is 0 Å². The fourth-order valence-corrected chi connectivity index (χ4v) is 4.15. The fourth-order valence-electron chi connectivity index (χ4n) is 4.15. The molecule has 0 amide bonds. The number of ether oxygens (including phenoxy) is 2. The van der Waals surface area contributed by atoms with Crippen molar-refractivity contribution < 1.29 is 19.1 Å². The van der Waals surface area contributed by atoms with E-state index in [1.807, 2.05) is 0 Å². The maximum Gasteiger partial charge on any atom is 0.333 e. The van der Waals surface area contributed by atoms with Gasteiger partial charge in [-0.05, 0) is 51.9 Å². The molecule has 2 saturated carbocycles. The van der Waals surface area contributed by atoms with Crippen molar-refractivity contribution in [2.24, 2.45) is 11.8 Å². The average Bonchev–Trinajstić information content (AvgIpc) is 2.97. The second-order valence-electron chi connectivity index (χ2n) is 6.53. The standard InChI is InChI=1S/C16H22O4/c1-10(2)14(17)19-11-5-6-12-13(9-11)16(20-15(12)18)7-3-4-8-16/h11-13H,1,3-9H2,2H3. The molecule has 0 aromatic heterocycles. The summed E-state index contributed by atoms with van der Waals surface area (Å²) in [6.45, 7) is 5.28. The quantitative estimate of drug-likeness (QED) is 0.575. The third-order valence-electron chi connectivity index (χ3n) is 5.16. The lowest BCUT2D eigenvalue weighted by Gasteiger charge is -2.36. The highest BCUT2D eigenvalue weighted by Gasteiger charge is 2.58. The van der Waals surface area contributed by atoms with Crippen molar-refractivity contribution in [1.29, 1.82) is 0 Å². The van der Waals surface area contributed by atoms with Crippen LogP contribution in [0.15, 0.2) is 12.2 Å². The number of carbonyl (C=O) groups excluding carboxylic acids is 2. The Kier molecular flexibility index (Phi) is 3.35. The summed E-state index contributed by atoms with van der Waals surface area (Å²) in [4.78, 5) is 23.7. The van der Waals surface area contributed by atoms with Gasteiger partial charge in [0.05, 0.1) is 5.92 Å². The van der Waals surface area contributed by atoms with E-state index in [4.69, 9.17) is 9.47 Å². The molecule has 4 nitrogen and oxygen atoms in total. The Bertz CT molecular complexity index is 447. The highest BCUT2D eigenvalue weighted by Crippen LogP contribution is 2.53. The van der Waals surface area contributed by atoms with E-state index in [1.54, 1.807) is 6.92 Å². The predicted octanol–water partition coefficient (Wildman–Crippen LogP) is 2.76. The predicted molar refractivity (Wildman–Crippen MR) is 72.8 cm³/mol. The van der Waals surface area contributed by atoms with Gasteiger partial charge in [-0.1, -0.05) is 6.58 Å². The monoisotopic (exact) mass is 278 g/mol. The Morgan fingerprint density at radius 3 is 2.70 bits per heavy atom. The van der Waals surface area contributed by atoms with E-state index in [2.05, 4.69) is 6.58 Å². The Labute approximate surface area is 119 Å². The molecule has 1 saturated heterocycles. The van der Waals surface area contributed by atoms with Crippen LogP contribution in [0.4, 0.5) is 0 Å². The minimum Gasteiger partial charge on any atom is -0.459 e. The van der Waals surface area contributed by atoms with Gasteiger partial charge in [0, 0.05) is 11.5 Å². The van der Waals surface area contributed by atoms with E-state index < -0.39 is 0 Å². The summed E-state index contributed by atoms with van der Waals surface area (Å²) < 4.78 is 11.3. The molecule has 3 aliphatic rings. The number of hydrogen-bond donors (Lipinski definition) is 0. The van der Waals surface area contributed by atoms with Crippen molar-refractivity contribution in [1.82, 2.24) is 0 Å². The number of carbonyl (C=O) groups is 2. The van der Waals surface area contributed by atoms with Crippen molar-refractivity contribution in [2.75, 3.05) is 0 Å². The van der Waals surface area contributed by atoms with Gasteiger partial charge in [-0.15, -0.1) is 0 Å². The van der Waals surface area contributed by atoms with Crippen molar-refractivity contribution in [3.63, 3.8) is 0 Å². The topological polar surface area (TPSA) is 52.6 Å². The van der Waals surface area contributed by atoms with E-state index in [0.29, 0.717) is 5.57 Å². The first-order valence-corrected chi connectivity index (χ1v) is 7.61. The van der Waals surface area contributed by atoms with Gasteiger partial charge in [0.1, 0.15) is 11.7 Å². The zero-order valence-electron chi connectivity index (χ0n) is 12.0. The molecule has 4 heteroatoms. The molecule has 0 aromatic rings. The summed E-state index contributed by atoms with van der Waals surface area (Å²) >= 11 is 0. The zero-order chi connectivity index (χ0) is 14.3.